The Bertz CT molecular complexity index is 659. The van der Waals surface area contributed by atoms with Crippen molar-refractivity contribution >= 4 is 11.3 Å². The third-order valence-corrected chi connectivity index (χ3v) is 3.83. The summed E-state index contributed by atoms with van der Waals surface area (Å²) in [6.07, 6.45) is 3.97. The van der Waals surface area contributed by atoms with Gasteiger partial charge in [0.15, 0.2) is 0 Å². The Labute approximate surface area is 122 Å². The van der Waals surface area contributed by atoms with Crippen LogP contribution in [0.1, 0.15) is 10.4 Å². The summed E-state index contributed by atoms with van der Waals surface area (Å²) in [5.74, 6) is 0. The summed E-state index contributed by atoms with van der Waals surface area (Å²) in [5, 5.41) is 8.01. The third kappa shape index (κ3) is 2.95. The predicted molar refractivity (Wildman–Crippen MR) is 81.3 cm³/mol. The number of aryl methyl sites for hydroxylation is 1. The standard InChI is InChI=1S/C15H16N4S/c1-19-10-13(7-16-8-14-9-17-11-20-14)15(18-19)12-5-3-2-4-6-12/h2-6,9-11,16H,7-8H2,1H3. The van der Waals surface area contributed by atoms with Gasteiger partial charge in [-0.25, -0.2) is 0 Å². The second-order valence-corrected chi connectivity index (χ2v) is 5.58. The van der Waals surface area contributed by atoms with Crippen molar-refractivity contribution in [2.45, 2.75) is 13.1 Å². The summed E-state index contributed by atoms with van der Waals surface area (Å²) < 4.78 is 1.87. The van der Waals surface area contributed by atoms with Crippen LogP contribution in [-0.4, -0.2) is 14.8 Å². The molecular weight excluding hydrogens is 268 g/mol. The van der Waals surface area contributed by atoms with Crippen molar-refractivity contribution in [2.75, 3.05) is 0 Å². The van der Waals surface area contributed by atoms with E-state index in [9.17, 15) is 0 Å². The summed E-state index contributed by atoms with van der Waals surface area (Å²) >= 11 is 1.67. The van der Waals surface area contributed by atoms with Crippen LogP contribution in [0.5, 0.6) is 0 Å². The lowest BCUT2D eigenvalue weighted by molar-refractivity contribution is 0.698. The van der Waals surface area contributed by atoms with Crippen molar-refractivity contribution in [1.29, 1.82) is 0 Å². The van der Waals surface area contributed by atoms with E-state index in [0.717, 1.165) is 24.3 Å². The Hall–Kier alpha value is -1.98. The lowest BCUT2D eigenvalue weighted by Gasteiger charge is -2.04. The summed E-state index contributed by atoms with van der Waals surface area (Å²) in [7, 11) is 1.96. The monoisotopic (exact) mass is 284 g/mol. The first-order valence-electron chi connectivity index (χ1n) is 6.49. The van der Waals surface area contributed by atoms with Crippen molar-refractivity contribution in [1.82, 2.24) is 20.1 Å². The second-order valence-electron chi connectivity index (χ2n) is 4.61. The van der Waals surface area contributed by atoms with Gasteiger partial charge < -0.3 is 5.32 Å². The summed E-state index contributed by atoms with van der Waals surface area (Å²) in [6.45, 7) is 1.64. The van der Waals surface area contributed by atoms with E-state index in [4.69, 9.17) is 0 Å². The maximum Gasteiger partial charge on any atom is 0.0967 e. The lowest BCUT2D eigenvalue weighted by atomic mass is 10.1. The minimum absolute atomic E-state index is 0.802. The van der Waals surface area contributed by atoms with Crippen molar-refractivity contribution in [2.24, 2.45) is 7.05 Å². The molecule has 0 spiro atoms. The van der Waals surface area contributed by atoms with Gasteiger partial charge in [-0.3, -0.25) is 9.67 Å². The van der Waals surface area contributed by atoms with Gasteiger partial charge in [0.2, 0.25) is 0 Å². The molecule has 2 aromatic heterocycles. The van der Waals surface area contributed by atoms with E-state index in [1.54, 1.807) is 11.3 Å². The van der Waals surface area contributed by atoms with Crippen LogP contribution in [0.3, 0.4) is 0 Å². The molecule has 3 aromatic rings. The maximum absolute atomic E-state index is 4.56. The molecule has 0 radical (unpaired) electrons. The van der Waals surface area contributed by atoms with Crippen LogP contribution in [0.2, 0.25) is 0 Å². The molecule has 0 aliphatic heterocycles. The molecule has 0 aliphatic rings. The average molecular weight is 284 g/mol. The van der Waals surface area contributed by atoms with Crippen LogP contribution in [0, 0.1) is 0 Å². The zero-order chi connectivity index (χ0) is 13.8. The lowest BCUT2D eigenvalue weighted by Crippen LogP contribution is -2.11. The van der Waals surface area contributed by atoms with Gasteiger partial charge in [-0.15, -0.1) is 11.3 Å². The van der Waals surface area contributed by atoms with E-state index >= 15 is 0 Å². The maximum atomic E-state index is 4.56. The molecule has 0 saturated heterocycles. The number of thiazole rings is 1. The molecule has 20 heavy (non-hydrogen) atoms. The van der Waals surface area contributed by atoms with E-state index in [0.29, 0.717) is 0 Å². The van der Waals surface area contributed by atoms with E-state index in [-0.39, 0.29) is 0 Å². The van der Waals surface area contributed by atoms with Crippen LogP contribution in [0.4, 0.5) is 0 Å². The fraction of sp³-hybridized carbons (Fsp3) is 0.200. The molecule has 0 bridgehead atoms. The first kappa shape index (κ1) is 13.0. The molecule has 0 fully saturated rings. The first-order valence-corrected chi connectivity index (χ1v) is 7.37. The van der Waals surface area contributed by atoms with E-state index in [1.165, 1.54) is 10.4 Å². The minimum atomic E-state index is 0.802. The van der Waals surface area contributed by atoms with Gasteiger partial charge in [0.25, 0.3) is 0 Å². The number of rotatable bonds is 5. The van der Waals surface area contributed by atoms with Gasteiger partial charge in [0.1, 0.15) is 0 Å². The highest BCUT2D eigenvalue weighted by molar-refractivity contribution is 7.09. The van der Waals surface area contributed by atoms with Crippen molar-refractivity contribution in [3.05, 3.63) is 58.7 Å². The third-order valence-electron chi connectivity index (χ3n) is 3.05. The molecule has 102 valence electrons. The van der Waals surface area contributed by atoms with Crippen molar-refractivity contribution in [3.63, 3.8) is 0 Å². The quantitative estimate of drug-likeness (QED) is 0.783. The molecule has 0 unspecified atom stereocenters. The SMILES string of the molecule is Cn1cc(CNCc2cncs2)c(-c2ccccc2)n1. The molecule has 0 atom stereocenters. The van der Waals surface area contributed by atoms with Crippen LogP contribution < -0.4 is 5.32 Å². The highest BCUT2D eigenvalue weighted by Gasteiger charge is 2.09. The summed E-state index contributed by atoms with van der Waals surface area (Å²) in [6, 6.07) is 10.3. The summed E-state index contributed by atoms with van der Waals surface area (Å²) in [4.78, 5) is 5.32. The number of hydrogen-bond acceptors (Lipinski definition) is 4. The van der Waals surface area contributed by atoms with E-state index in [2.05, 4.69) is 33.7 Å². The fourth-order valence-corrected chi connectivity index (χ4v) is 2.72. The first-order chi connectivity index (χ1) is 9.83. The topological polar surface area (TPSA) is 42.7 Å². The minimum Gasteiger partial charge on any atom is -0.308 e. The zero-order valence-electron chi connectivity index (χ0n) is 11.3. The number of aromatic nitrogens is 3. The number of benzene rings is 1. The van der Waals surface area contributed by atoms with Crippen molar-refractivity contribution < 1.29 is 0 Å². The average Bonchev–Trinajstić information content (AvgIpc) is 3.10. The molecule has 1 N–H and O–H groups in total. The number of nitrogens with one attached hydrogen (secondary N) is 1. The Morgan fingerprint density at radius 2 is 2.05 bits per heavy atom. The molecular formula is C15H16N4S. The largest absolute Gasteiger partial charge is 0.308 e. The molecule has 4 nitrogen and oxygen atoms in total. The molecule has 2 heterocycles. The molecule has 5 heteroatoms. The molecule has 0 aliphatic carbocycles. The van der Waals surface area contributed by atoms with Gasteiger partial charge in [0.05, 0.1) is 11.2 Å². The Balaban J connectivity index is 1.73. The Morgan fingerprint density at radius 1 is 1.20 bits per heavy atom. The Morgan fingerprint density at radius 3 is 2.80 bits per heavy atom. The van der Waals surface area contributed by atoms with Crippen LogP contribution >= 0.6 is 11.3 Å². The number of hydrogen-bond donors (Lipinski definition) is 1. The smallest absolute Gasteiger partial charge is 0.0967 e. The van der Waals surface area contributed by atoms with Gasteiger partial charge >= 0.3 is 0 Å². The second kappa shape index (κ2) is 5.98. The number of nitrogens with zero attached hydrogens (tertiary/aromatic N) is 3. The molecule has 1 aromatic carbocycles. The van der Waals surface area contributed by atoms with Crippen molar-refractivity contribution in [3.8, 4) is 11.3 Å². The van der Waals surface area contributed by atoms with Gasteiger partial charge in [-0.2, -0.15) is 5.10 Å². The predicted octanol–water partition coefficient (Wildman–Crippen LogP) is 2.83. The van der Waals surface area contributed by atoms with Crippen LogP contribution in [0.25, 0.3) is 11.3 Å². The fourth-order valence-electron chi connectivity index (χ4n) is 2.16. The van der Waals surface area contributed by atoms with E-state index < -0.39 is 0 Å². The molecule has 3 rings (SSSR count). The van der Waals surface area contributed by atoms with Gasteiger partial charge in [-0.1, -0.05) is 30.3 Å². The van der Waals surface area contributed by atoms with Crippen LogP contribution in [-0.2, 0) is 20.1 Å². The summed E-state index contributed by atoms with van der Waals surface area (Å²) in [5.41, 5.74) is 5.27. The molecule has 0 amide bonds. The highest BCUT2D eigenvalue weighted by Crippen LogP contribution is 2.21. The van der Waals surface area contributed by atoms with Gasteiger partial charge in [-0.05, 0) is 0 Å². The Kier molecular flexibility index (Phi) is 3.90. The normalized spacial score (nSPS) is 10.8. The zero-order valence-corrected chi connectivity index (χ0v) is 12.1. The van der Waals surface area contributed by atoms with Crippen LogP contribution in [0.15, 0.2) is 48.2 Å². The highest BCUT2D eigenvalue weighted by atomic mass is 32.1. The van der Waals surface area contributed by atoms with Gasteiger partial charge in [0, 0.05) is 48.5 Å². The van der Waals surface area contributed by atoms with E-state index in [1.807, 2.05) is 41.6 Å². The molecule has 0 saturated carbocycles.